The van der Waals surface area contributed by atoms with E-state index in [-0.39, 0.29) is 6.61 Å². The average Bonchev–Trinajstić information content (AvgIpc) is 2.99. The Hall–Kier alpha value is -2.31. The van der Waals surface area contributed by atoms with Crippen LogP contribution in [0.1, 0.15) is 17.0 Å². The van der Waals surface area contributed by atoms with E-state index >= 15 is 0 Å². The van der Waals surface area contributed by atoms with Crippen molar-refractivity contribution >= 4 is 11.8 Å². The minimum atomic E-state index is -0.595. The number of aliphatic hydroxyl groups excluding tert-OH is 1. The zero-order chi connectivity index (χ0) is 18.5. The number of thioether (sulfide) groups is 1. The molecule has 0 aliphatic heterocycles. The highest BCUT2D eigenvalue weighted by Gasteiger charge is 2.14. The Morgan fingerprint density at radius 3 is 2.42 bits per heavy atom. The van der Waals surface area contributed by atoms with Gasteiger partial charge in [0.2, 0.25) is 0 Å². The average molecular weight is 369 g/mol. The largest absolute Gasteiger partial charge is 0.491 e. The van der Waals surface area contributed by atoms with Crippen LogP contribution >= 0.6 is 11.8 Å². The van der Waals surface area contributed by atoms with Crippen molar-refractivity contribution in [3.05, 3.63) is 65.5 Å². The molecule has 0 spiro atoms. The van der Waals surface area contributed by atoms with Crippen molar-refractivity contribution in [2.75, 3.05) is 12.4 Å². The number of ether oxygens (including phenoxy) is 1. The number of hydrogen-bond acceptors (Lipinski definition) is 5. The predicted octanol–water partition coefficient (Wildman–Crippen LogP) is 3.72. The summed E-state index contributed by atoms with van der Waals surface area (Å²) in [6.07, 6.45) is -0.595. The van der Waals surface area contributed by atoms with E-state index in [4.69, 9.17) is 4.74 Å². The molecule has 136 valence electrons. The Morgan fingerprint density at radius 1 is 1.04 bits per heavy atom. The molecule has 0 bridgehead atoms. The van der Waals surface area contributed by atoms with Crippen molar-refractivity contribution < 1.29 is 9.84 Å². The Bertz CT molecular complexity index is 844. The van der Waals surface area contributed by atoms with Crippen LogP contribution in [0.15, 0.2) is 53.7 Å². The first kappa shape index (κ1) is 18.5. The van der Waals surface area contributed by atoms with Crippen molar-refractivity contribution in [1.29, 1.82) is 0 Å². The summed E-state index contributed by atoms with van der Waals surface area (Å²) in [7, 11) is 0. The second kappa shape index (κ2) is 8.38. The van der Waals surface area contributed by atoms with E-state index in [2.05, 4.69) is 16.3 Å². The molecule has 0 saturated carbocycles. The number of para-hydroxylation sites is 1. The molecule has 0 aliphatic rings. The van der Waals surface area contributed by atoms with E-state index in [9.17, 15) is 5.11 Å². The van der Waals surface area contributed by atoms with E-state index in [1.54, 1.807) is 0 Å². The lowest BCUT2D eigenvalue weighted by molar-refractivity contribution is 0.126. The van der Waals surface area contributed by atoms with Crippen molar-refractivity contribution in [1.82, 2.24) is 14.8 Å². The molecule has 5 nitrogen and oxygen atoms in total. The van der Waals surface area contributed by atoms with Gasteiger partial charge in [-0.2, -0.15) is 0 Å². The van der Waals surface area contributed by atoms with Gasteiger partial charge in [0.15, 0.2) is 5.16 Å². The van der Waals surface area contributed by atoms with Gasteiger partial charge in [0.1, 0.15) is 18.2 Å². The van der Waals surface area contributed by atoms with E-state index < -0.39 is 6.10 Å². The topological polar surface area (TPSA) is 60.2 Å². The minimum Gasteiger partial charge on any atom is -0.491 e. The Morgan fingerprint density at radius 2 is 1.73 bits per heavy atom. The van der Waals surface area contributed by atoms with Crippen molar-refractivity contribution in [3.63, 3.8) is 0 Å². The third-order valence-electron chi connectivity index (χ3n) is 3.85. The maximum Gasteiger partial charge on any atom is 0.195 e. The Balaban J connectivity index is 1.59. The fraction of sp³-hybridized carbons (Fsp3) is 0.300. The highest BCUT2D eigenvalue weighted by molar-refractivity contribution is 7.99. The van der Waals surface area contributed by atoms with Gasteiger partial charge >= 0.3 is 0 Å². The molecule has 3 aromatic rings. The molecule has 1 atom stereocenters. The van der Waals surface area contributed by atoms with Crippen molar-refractivity contribution in [3.8, 4) is 11.4 Å². The van der Waals surface area contributed by atoms with Crippen LogP contribution in [-0.4, -0.2) is 38.3 Å². The predicted molar refractivity (Wildman–Crippen MR) is 104 cm³/mol. The van der Waals surface area contributed by atoms with Crippen LogP contribution in [0.4, 0.5) is 0 Å². The molecule has 1 N–H and O–H groups in total. The molecule has 1 aromatic heterocycles. The fourth-order valence-corrected chi connectivity index (χ4v) is 3.64. The van der Waals surface area contributed by atoms with Crippen LogP contribution in [0.5, 0.6) is 5.75 Å². The summed E-state index contributed by atoms with van der Waals surface area (Å²) in [5.41, 5.74) is 3.31. The van der Waals surface area contributed by atoms with Gasteiger partial charge in [-0.25, -0.2) is 0 Å². The van der Waals surface area contributed by atoms with E-state index in [1.807, 2.05) is 67.8 Å². The summed E-state index contributed by atoms with van der Waals surface area (Å²) >= 11 is 1.47. The molecule has 0 amide bonds. The molecular formula is C20H23N3O2S. The number of nitrogens with zero attached hydrogens (tertiary/aromatic N) is 3. The number of aromatic nitrogens is 3. The molecule has 26 heavy (non-hydrogen) atoms. The molecule has 0 fully saturated rings. The van der Waals surface area contributed by atoms with Crippen LogP contribution < -0.4 is 4.74 Å². The number of benzene rings is 2. The van der Waals surface area contributed by atoms with Gasteiger partial charge in [0, 0.05) is 11.4 Å². The number of hydrogen-bond donors (Lipinski definition) is 1. The number of rotatable bonds is 7. The third kappa shape index (κ3) is 4.65. The molecule has 0 aliphatic carbocycles. The van der Waals surface area contributed by atoms with E-state index in [0.29, 0.717) is 5.75 Å². The Labute approximate surface area is 158 Å². The molecule has 6 heteroatoms. The van der Waals surface area contributed by atoms with Crippen molar-refractivity contribution in [2.24, 2.45) is 0 Å². The molecule has 0 unspecified atom stereocenters. The summed E-state index contributed by atoms with van der Waals surface area (Å²) in [6.45, 7) is 6.23. The SMILES string of the molecule is Cc1cc(C)cc(OC[C@@H](O)CSc2nnc(C)n2-c2ccccc2)c1. The van der Waals surface area contributed by atoms with Gasteiger partial charge in [-0.3, -0.25) is 4.57 Å². The number of aryl methyl sites for hydroxylation is 3. The summed E-state index contributed by atoms with van der Waals surface area (Å²) < 4.78 is 7.72. The first-order valence-corrected chi connectivity index (χ1v) is 9.51. The van der Waals surface area contributed by atoms with Crippen LogP contribution in [0.25, 0.3) is 5.69 Å². The lowest BCUT2D eigenvalue weighted by atomic mass is 10.1. The third-order valence-corrected chi connectivity index (χ3v) is 4.93. The van der Waals surface area contributed by atoms with Crippen molar-refractivity contribution in [2.45, 2.75) is 32.0 Å². The Kier molecular flexibility index (Phi) is 5.96. The zero-order valence-electron chi connectivity index (χ0n) is 15.2. The van der Waals surface area contributed by atoms with Crippen LogP contribution in [0.3, 0.4) is 0 Å². The zero-order valence-corrected chi connectivity index (χ0v) is 16.0. The molecule has 0 radical (unpaired) electrons. The smallest absolute Gasteiger partial charge is 0.195 e. The molecular weight excluding hydrogens is 346 g/mol. The van der Waals surface area contributed by atoms with Gasteiger partial charge < -0.3 is 9.84 Å². The van der Waals surface area contributed by atoms with E-state index in [0.717, 1.165) is 33.5 Å². The molecule has 2 aromatic carbocycles. The maximum absolute atomic E-state index is 10.3. The molecule has 3 rings (SSSR count). The number of aliphatic hydroxyl groups is 1. The molecule has 0 saturated heterocycles. The van der Waals surface area contributed by atoms with Crippen LogP contribution in [0.2, 0.25) is 0 Å². The summed E-state index contributed by atoms with van der Waals surface area (Å²) in [5.74, 6) is 2.09. The van der Waals surface area contributed by atoms with Gasteiger partial charge in [-0.1, -0.05) is 36.0 Å². The lowest BCUT2D eigenvalue weighted by Crippen LogP contribution is -2.20. The van der Waals surface area contributed by atoms with Crippen LogP contribution in [-0.2, 0) is 0 Å². The summed E-state index contributed by atoms with van der Waals surface area (Å²) in [4.78, 5) is 0. The van der Waals surface area contributed by atoms with Gasteiger partial charge in [0.25, 0.3) is 0 Å². The van der Waals surface area contributed by atoms with Crippen LogP contribution in [0, 0.1) is 20.8 Å². The highest BCUT2D eigenvalue weighted by atomic mass is 32.2. The first-order valence-electron chi connectivity index (χ1n) is 8.52. The fourth-order valence-electron chi connectivity index (χ4n) is 2.74. The maximum atomic E-state index is 10.3. The summed E-state index contributed by atoms with van der Waals surface area (Å²) in [6, 6.07) is 16.0. The second-order valence-electron chi connectivity index (χ2n) is 6.30. The van der Waals surface area contributed by atoms with Gasteiger partial charge in [-0.15, -0.1) is 10.2 Å². The second-order valence-corrected chi connectivity index (χ2v) is 7.29. The van der Waals surface area contributed by atoms with Gasteiger partial charge in [-0.05, 0) is 56.2 Å². The van der Waals surface area contributed by atoms with E-state index in [1.165, 1.54) is 11.8 Å². The monoisotopic (exact) mass is 369 g/mol. The normalized spacial score (nSPS) is 12.2. The quantitative estimate of drug-likeness (QED) is 0.643. The lowest BCUT2D eigenvalue weighted by Gasteiger charge is -2.13. The first-order chi connectivity index (χ1) is 12.5. The summed E-state index contributed by atoms with van der Waals surface area (Å²) in [5, 5.41) is 19.4. The standard InChI is InChI=1S/C20H23N3O2S/c1-14-9-15(2)11-19(10-14)25-12-18(24)13-26-20-22-21-16(3)23(20)17-7-5-4-6-8-17/h4-11,18,24H,12-13H2,1-3H3/t18-/m1/s1. The minimum absolute atomic E-state index is 0.244. The highest BCUT2D eigenvalue weighted by Crippen LogP contribution is 2.23. The molecule has 1 heterocycles. The van der Waals surface area contributed by atoms with Gasteiger partial charge in [0.05, 0.1) is 6.10 Å².